The van der Waals surface area contributed by atoms with E-state index in [0.717, 1.165) is 34.5 Å². The molecule has 1 aromatic carbocycles. The Bertz CT molecular complexity index is 1110. The third-order valence-corrected chi connectivity index (χ3v) is 5.65. The minimum absolute atomic E-state index is 0.116. The Morgan fingerprint density at radius 2 is 2.19 bits per heavy atom. The molecule has 0 saturated heterocycles. The van der Waals surface area contributed by atoms with Gasteiger partial charge in [0.25, 0.3) is 0 Å². The minimum atomic E-state index is -0.631. The first-order chi connectivity index (χ1) is 14.9. The molecule has 1 aromatic heterocycles. The highest BCUT2D eigenvalue weighted by atomic mass is 19.1. The third-order valence-electron chi connectivity index (χ3n) is 5.65. The summed E-state index contributed by atoms with van der Waals surface area (Å²) in [5.74, 6) is -0.0572. The van der Waals surface area contributed by atoms with Crippen molar-refractivity contribution in [1.82, 2.24) is 20.5 Å². The number of hydrogen-bond donors (Lipinski definition) is 3. The molecule has 3 N–H and O–H groups in total. The van der Waals surface area contributed by atoms with Crippen LogP contribution < -0.4 is 5.43 Å². The minimum Gasteiger partial charge on any atom is -0.395 e. The molecule has 8 nitrogen and oxygen atoms in total. The number of nitrogens with one attached hydrogen (secondary N) is 2. The second kappa shape index (κ2) is 8.07. The average Bonchev–Trinajstić information content (AvgIpc) is 3.35. The van der Waals surface area contributed by atoms with E-state index < -0.39 is 11.2 Å². The van der Waals surface area contributed by atoms with Crippen LogP contribution in [0.15, 0.2) is 45.8 Å². The van der Waals surface area contributed by atoms with Crippen molar-refractivity contribution >= 4 is 23.5 Å². The SMILES string of the molecule is Cc1[nH]ncc1-c1ccc(N=C2NN=C3CCN(CC=O)C(C(C)(C)CO)=C32)c(F)c1. The molecule has 0 fully saturated rings. The maximum atomic E-state index is 14.9. The molecule has 3 heterocycles. The number of hydrazone groups is 1. The number of hydrogen-bond acceptors (Lipinski definition) is 6. The highest BCUT2D eigenvalue weighted by molar-refractivity contribution is 6.28. The lowest BCUT2D eigenvalue weighted by molar-refractivity contribution is -0.108. The van der Waals surface area contributed by atoms with Gasteiger partial charge in [0.1, 0.15) is 17.8 Å². The van der Waals surface area contributed by atoms with Gasteiger partial charge in [-0.25, -0.2) is 9.38 Å². The first kappa shape index (κ1) is 20.9. The number of aryl methyl sites for hydroxylation is 1. The maximum absolute atomic E-state index is 14.9. The Labute approximate surface area is 179 Å². The van der Waals surface area contributed by atoms with Crippen molar-refractivity contribution in [3.05, 3.63) is 47.2 Å². The number of aliphatic imine (C=N–C) groups is 1. The van der Waals surface area contributed by atoms with Gasteiger partial charge in [-0.15, -0.1) is 0 Å². The van der Waals surface area contributed by atoms with Crippen LogP contribution in [0.1, 0.15) is 26.0 Å². The summed E-state index contributed by atoms with van der Waals surface area (Å²) in [6, 6.07) is 4.84. The Morgan fingerprint density at radius 1 is 1.39 bits per heavy atom. The van der Waals surface area contributed by atoms with Crippen molar-refractivity contribution < 1.29 is 14.3 Å². The van der Waals surface area contributed by atoms with Crippen LogP contribution in [0.3, 0.4) is 0 Å². The third kappa shape index (κ3) is 3.76. The van der Waals surface area contributed by atoms with Crippen LogP contribution in [0.5, 0.6) is 0 Å². The zero-order valence-electron chi connectivity index (χ0n) is 17.7. The molecular weight excluding hydrogens is 399 g/mol. The Hall–Kier alpha value is -3.33. The number of carbonyl (C=O) groups excluding carboxylic acids is 1. The van der Waals surface area contributed by atoms with E-state index in [1.54, 1.807) is 18.3 Å². The number of fused-ring (bicyclic) bond motifs is 1. The molecule has 2 aromatic rings. The summed E-state index contributed by atoms with van der Waals surface area (Å²) in [7, 11) is 0. The van der Waals surface area contributed by atoms with Crippen molar-refractivity contribution in [2.75, 3.05) is 19.7 Å². The van der Waals surface area contributed by atoms with Gasteiger partial charge in [-0.1, -0.05) is 19.9 Å². The lowest BCUT2D eigenvalue weighted by atomic mass is 9.82. The van der Waals surface area contributed by atoms with Crippen molar-refractivity contribution in [2.24, 2.45) is 15.5 Å². The van der Waals surface area contributed by atoms with Gasteiger partial charge in [-0.3, -0.25) is 10.5 Å². The zero-order chi connectivity index (χ0) is 22.2. The molecule has 0 aliphatic carbocycles. The van der Waals surface area contributed by atoms with Crippen LogP contribution in [-0.4, -0.2) is 57.7 Å². The summed E-state index contributed by atoms with van der Waals surface area (Å²) in [5.41, 5.74) is 7.14. The van der Waals surface area contributed by atoms with Crippen molar-refractivity contribution in [1.29, 1.82) is 0 Å². The standard InChI is InChI=1S/C22H25FN6O2/c1-13-15(11-24-26-13)14-4-5-17(16(23)10-14)25-21-19-18(27-28-21)6-7-29(8-9-30)20(19)22(2,3)12-31/h4-5,9-11,31H,6-8,12H2,1-3H3,(H,24,26)(H,25,28). The Kier molecular flexibility index (Phi) is 5.45. The molecule has 0 spiro atoms. The number of halogens is 1. The highest BCUT2D eigenvalue weighted by Gasteiger charge is 2.39. The number of aldehydes is 1. The average molecular weight is 424 g/mol. The van der Waals surface area contributed by atoms with E-state index in [2.05, 4.69) is 25.7 Å². The predicted octanol–water partition coefficient (Wildman–Crippen LogP) is 2.69. The fourth-order valence-corrected chi connectivity index (χ4v) is 4.03. The molecule has 162 valence electrons. The monoisotopic (exact) mass is 424 g/mol. The Balaban J connectivity index is 1.78. The van der Waals surface area contributed by atoms with E-state index in [1.807, 2.05) is 25.7 Å². The van der Waals surface area contributed by atoms with E-state index in [-0.39, 0.29) is 18.8 Å². The molecule has 0 saturated carbocycles. The molecule has 9 heteroatoms. The summed E-state index contributed by atoms with van der Waals surface area (Å²) in [6.45, 7) is 6.37. The molecule has 0 radical (unpaired) electrons. The largest absolute Gasteiger partial charge is 0.395 e. The fraction of sp³-hybridized carbons (Fsp3) is 0.364. The molecule has 2 aliphatic rings. The summed E-state index contributed by atoms with van der Waals surface area (Å²) in [4.78, 5) is 17.7. The van der Waals surface area contributed by atoms with E-state index in [0.29, 0.717) is 24.4 Å². The number of aromatic amines is 1. The first-order valence-electron chi connectivity index (χ1n) is 10.1. The molecule has 4 rings (SSSR count). The van der Waals surface area contributed by atoms with Crippen LogP contribution in [-0.2, 0) is 4.79 Å². The predicted molar refractivity (Wildman–Crippen MR) is 117 cm³/mol. The van der Waals surface area contributed by atoms with Gasteiger partial charge in [-0.2, -0.15) is 10.2 Å². The molecule has 0 atom stereocenters. The highest BCUT2D eigenvalue weighted by Crippen LogP contribution is 2.37. The summed E-state index contributed by atoms with van der Waals surface area (Å²) in [6.07, 6.45) is 3.12. The number of benzene rings is 1. The normalized spacial score (nSPS) is 17.6. The number of rotatable bonds is 6. The first-order valence-corrected chi connectivity index (χ1v) is 10.1. The van der Waals surface area contributed by atoms with Crippen molar-refractivity contribution in [2.45, 2.75) is 27.2 Å². The van der Waals surface area contributed by atoms with Gasteiger partial charge >= 0.3 is 0 Å². The summed E-state index contributed by atoms with van der Waals surface area (Å²) < 4.78 is 14.9. The van der Waals surface area contributed by atoms with Gasteiger partial charge in [0.15, 0.2) is 5.84 Å². The van der Waals surface area contributed by atoms with Crippen LogP contribution >= 0.6 is 0 Å². The molecule has 2 aliphatic heterocycles. The summed E-state index contributed by atoms with van der Waals surface area (Å²) in [5, 5.41) is 21.2. The van der Waals surface area contributed by atoms with E-state index in [4.69, 9.17) is 0 Å². The number of aliphatic hydroxyl groups is 1. The van der Waals surface area contributed by atoms with Gasteiger partial charge in [0.2, 0.25) is 0 Å². The molecule has 31 heavy (non-hydrogen) atoms. The number of carbonyl (C=O) groups is 1. The second-order valence-corrected chi connectivity index (χ2v) is 8.33. The topological polar surface area (TPSA) is 106 Å². The van der Waals surface area contributed by atoms with Gasteiger partial charge < -0.3 is 14.8 Å². The van der Waals surface area contributed by atoms with E-state index >= 15 is 0 Å². The van der Waals surface area contributed by atoms with Crippen LogP contribution in [0, 0.1) is 18.2 Å². The second-order valence-electron chi connectivity index (χ2n) is 8.33. The summed E-state index contributed by atoms with van der Waals surface area (Å²) >= 11 is 0. The molecule has 0 amide bonds. The van der Waals surface area contributed by atoms with Crippen LogP contribution in [0.2, 0.25) is 0 Å². The van der Waals surface area contributed by atoms with Crippen LogP contribution in [0.4, 0.5) is 10.1 Å². The fourth-order valence-electron chi connectivity index (χ4n) is 4.03. The van der Waals surface area contributed by atoms with Gasteiger partial charge in [0.05, 0.1) is 30.6 Å². The maximum Gasteiger partial charge on any atom is 0.157 e. The number of aliphatic hydroxyl groups excluding tert-OH is 1. The van der Waals surface area contributed by atoms with Gasteiger partial charge in [-0.05, 0) is 24.6 Å². The van der Waals surface area contributed by atoms with Crippen molar-refractivity contribution in [3.8, 4) is 11.1 Å². The van der Waals surface area contributed by atoms with Crippen molar-refractivity contribution in [3.63, 3.8) is 0 Å². The van der Waals surface area contributed by atoms with E-state index in [9.17, 15) is 14.3 Å². The van der Waals surface area contributed by atoms with Gasteiger partial charge in [0, 0.05) is 35.3 Å². The smallest absolute Gasteiger partial charge is 0.157 e. The molecule has 0 unspecified atom stereocenters. The quantitative estimate of drug-likeness (QED) is 0.619. The van der Waals surface area contributed by atoms with Crippen LogP contribution in [0.25, 0.3) is 11.1 Å². The number of nitrogens with zero attached hydrogens (tertiary/aromatic N) is 4. The molecular formula is C22H25FN6O2. The lowest BCUT2D eigenvalue weighted by Gasteiger charge is -2.39. The Morgan fingerprint density at radius 3 is 2.84 bits per heavy atom. The number of aromatic nitrogens is 2. The number of H-pyrrole nitrogens is 1. The zero-order valence-corrected chi connectivity index (χ0v) is 17.7. The molecule has 0 bridgehead atoms. The lowest BCUT2D eigenvalue weighted by Crippen LogP contribution is -2.42. The number of amidine groups is 1. The van der Waals surface area contributed by atoms with E-state index in [1.165, 1.54) is 6.07 Å².